The van der Waals surface area contributed by atoms with E-state index in [1.54, 1.807) is 12.1 Å². The van der Waals surface area contributed by atoms with Gasteiger partial charge in [0.05, 0.1) is 39.0 Å². The number of carbonyl (C=O) groups excluding carboxylic acids is 4. The molecular formula is C31H25BrN4O10. The average Bonchev–Trinajstić information content (AvgIpc) is 3.27. The van der Waals surface area contributed by atoms with Crippen LogP contribution in [0.15, 0.2) is 63.7 Å². The maximum atomic E-state index is 14.2. The van der Waals surface area contributed by atoms with E-state index in [1.807, 2.05) is 0 Å². The molecule has 0 bridgehead atoms. The second-order valence-electron chi connectivity index (χ2n) is 11.6. The molecule has 2 amide bonds. The molecule has 6 rings (SSSR count). The average molecular weight is 693 g/mol. The van der Waals surface area contributed by atoms with Crippen LogP contribution in [-0.4, -0.2) is 59.5 Å². The van der Waals surface area contributed by atoms with Crippen molar-refractivity contribution in [3.63, 3.8) is 0 Å². The minimum absolute atomic E-state index is 0.0284. The molecular weight excluding hydrogens is 668 g/mol. The number of rotatable bonds is 6. The van der Waals surface area contributed by atoms with E-state index in [1.165, 1.54) is 44.3 Å². The lowest BCUT2D eigenvalue weighted by Crippen LogP contribution is -2.39. The number of carbonyl (C=O) groups is 4. The van der Waals surface area contributed by atoms with Crippen LogP contribution in [0.25, 0.3) is 0 Å². The number of nitro benzene ring substituents is 2. The van der Waals surface area contributed by atoms with Crippen LogP contribution in [0, 0.1) is 38.0 Å². The molecule has 14 nitrogen and oxygen atoms in total. The Hall–Kier alpha value is -5.18. The number of nitro groups is 2. The van der Waals surface area contributed by atoms with Crippen molar-refractivity contribution >= 4 is 62.1 Å². The number of allylic oxidation sites excluding steroid dienone is 6. The third-order valence-electron chi connectivity index (χ3n) is 9.03. The highest BCUT2D eigenvalue weighted by Gasteiger charge is 2.57. The number of ketones is 2. The Morgan fingerprint density at radius 2 is 1.65 bits per heavy atom. The van der Waals surface area contributed by atoms with Crippen molar-refractivity contribution in [1.82, 2.24) is 0 Å². The number of imide groups is 1. The Labute approximate surface area is 269 Å². The molecule has 3 aliphatic carbocycles. The number of ether oxygens (including phenoxy) is 1. The third kappa shape index (κ3) is 4.52. The van der Waals surface area contributed by atoms with Gasteiger partial charge >= 0.3 is 11.4 Å². The van der Waals surface area contributed by atoms with E-state index in [0.717, 1.165) is 17.0 Å². The lowest BCUT2D eigenvalue weighted by atomic mass is 9.59. The van der Waals surface area contributed by atoms with Crippen LogP contribution in [0.2, 0.25) is 0 Å². The number of anilines is 2. The molecule has 0 radical (unpaired) electrons. The van der Waals surface area contributed by atoms with Gasteiger partial charge in [-0.05, 0) is 52.9 Å². The highest BCUT2D eigenvalue weighted by atomic mass is 79.9. The Bertz CT molecular complexity index is 1880. The van der Waals surface area contributed by atoms with Gasteiger partial charge < -0.3 is 14.7 Å². The van der Waals surface area contributed by atoms with Crippen molar-refractivity contribution in [1.29, 1.82) is 0 Å². The summed E-state index contributed by atoms with van der Waals surface area (Å²) in [7, 11) is 4.23. The molecule has 1 saturated heterocycles. The topological polar surface area (TPSA) is 190 Å². The van der Waals surface area contributed by atoms with Crippen LogP contribution >= 0.6 is 15.9 Å². The summed E-state index contributed by atoms with van der Waals surface area (Å²) in [6.45, 7) is 0. The number of hydrogen-bond acceptors (Lipinski definition) is 11. The van der Waals surface area contributed by atoms with E-state index in [9.17, 15) is 44.5 Å². The van der Waals surface area contributed by atoms with E-state index in [-0.39, 0.29) is 51.2 Å². The number of hydrogen-bond donors (Lipinski definition) is 1. The molecule has 0 spiro atoms. The summed E-state index contributed by atoms with van der Waals surface area (Å²) in [5, 5.41) is 35.0. The fraction of sp³-hybridized carbons (Fsp3) is 0.290. The van der Waals surface area contributed by atoms with Gasteiger partial charge in [0.2, 0.25) is 11.8 Å². The maximum Gasteiger partial charge on any atom is 0.301 e. The van der Waals surface area contributed by atoms with Gasteiger partial charge in [-0.25, -0.2) is 4.90 Å². The first-order chi connectivity index (χ1) is 21.8. The second-order valence-corrected chi connectivity index (χ2v) is 12.4. The summed E-state index contributed by atoms with van der Waals surface area (Å²) < 4.78 is 5.38. The zero-order chi connectivity index (χ0) is 33.4. The highest BCUT2D eigenvalue weighted by molar-refractivity contribution is 9.12. The summed E-state index contributed by atoms with van der Waals surface area (Å²) in [6, 6.07) is 6.40. The molecule has 0 saturated carbocycles. The van der Waals surface area contributed by atoms with E-state index < -0.39 is 68.3 Å². The lowest BCUT2D eigenvalue weighted by molar-refractivity contribution is -0.392. The van der Waals surface area contributed by atoms with E-state index in [2.05, 4.69) is 15.9 Å². The number of halogens is 1. The van der Waals surface area contributed by atoms with E-state index in [0.29, 0.717) is 11.3 Å². The number of benzene rings is 2. The van der Waals surface area contributed by atoms with Crippen LogP contribution in [-0.2, 0) is 19.2 Å². The van der Waals surface area contributed by atoms with Crippen molar-refractivity contribution in [2.24, 2.45) is 17.8 Å². The van der Waals surface area contributed by atoms with Crippen LogP contribution < -0.4 is 14.5 Å². The van der Waals surface area contributed by atoms with Gasteiger partial charge in [-0.3, -0.25) is 39.4 Å². The molecule has 4 atom stereocenters. The van der Waals surface area contributed by atoms with Gasteiger partial charge in [-0.2, -0.15) is 0 Å². The zero-order valence-electron chi connectivity index (χ0n) is 24.6. The Kier molecular flexibility index (Phi) is 7.38. The van der Waals surface area contributed by atoms with Crippen molar-refractivity contribution in [2.75, 3.05) is 31.0 Å². The molecule has 2 aromatic rings. The SMILES string of the molecule is COc1ccc(O)c(C2C3=CCC4C(=O)N(c5cc([N+](=O)[O-])c(N(C)C)c([N+](=O)[O-])c5)C(=O)C4C3CC3=C2C(=O)C=C(Br)C3=O)c1. The van der Waals surface area contributed by atoms with Crippen LogP contribution in [0.4, 0.5) is 22.7 Å². The van der Waals surface area contributed by atoms with Crippen LogP contribution in [0.5, 0.6) is 11.5 Å². The first-order valence-electron chi connectivity index (χ1n) is 14.0. The lowest BCUT2D eigenvalue weighted by Gasteiger charge is -2.42. The zero-order valence-corrected chi connectivity index (χ0v) is 26.1. The number of phenols is 1. The minimum Gasteiger partial charge on any atom is -0.508 e. The van der Waals surface area contributed by atoms with E-state index >= 15 is 0 Å². The molecule has 4 unspecified atom stereocenters. The molecule has 1 aliphatic heterocycles. The van der Waals surface area contributed by atoms with Gasteiger partial charge in [0.15, 0.2) is 17.3 Å². The Morgan fingerprint density at radius 1 is 1.00 bits per heavy atom. The highest BCUT2D eigenvalue weighted by Crippen LogP contribution is 2.57. The number of Topliss-reactive ketones (excluding diaryl/α,β-unsaturated/α-hetero) is 1. The minimum atomic E-state index is -1.06. The maximum absolute atomic E-state index is 14.2. The van der Waals surface area contributed by atoms with Crippen LogP contribution in [0.1, 0.15) is 24.3 Å². The smallest absolute Gasteiger partial charge is 0.301 e. The van der Waals surface area contributed by atoms with Gasteiger partial charge in [-0.1, -0.05) is 11.6 Å². The van der Waals surface area contributed by atoms with Gasteiger partial charge in [-0.15, -0.1) is 0 Å². The molecule has 1 heterocycles. The number of methoxy groups -OCH3 is 1. The fourth-order valence-electron chi connectivity index (χ4n) is 7.16. The number of amides is 2. The Morgan fingerprint density at radius 3 is 2.24 bits per heavy atom. The number of phenolic OH excluding ortho intramolecular Hbond substituents is 1. The Balaban J connectivity index is 1.50. The first-order valence-corrected chi connectivity index (χ1v) is 14.8. The fourth-order valence-corrected chi connectivity index (χ4v) is 7.61. The first kappa shape index (κ1) is 30.8. The summed E-state index contributed by atoms with van der Waals surface area (Å²) in [5.74, 6) is -5.89. The normalized spacial score (nSPS) is 23.8. The van der Waals surface area contributed by atoms with Crippen molar-refractivity contribution in [2.45, 2.75) is 18.8 Å². The van der Waals surface area contributed by atoms with Gasteiger partial charge in [0.1, 0.15) is 11.5 Å². The summed E-state index contributed by atoms with van der Waals surface area (Å²) in [6.07, 6.45) is 2.88. The summed E-state index contributed by atoms with van der Waals surface area (Å²) in [5.41, 5.74) is -0.827. The monoisotopic (exact) mass is 692 g/mol. The molecule has 15 heteroatoms. The molecule has 4 aliphatic rings. The summed E-state index contributed by atoms with van der Waals surface area (Å²) in [4.78, 5) is 79.3. The van der Waals surface area contributed by atoms with Crippen molar-refractivity contribution in [3.8, 4) is 11.5 Å². The van der Waals surface area contributed by atoms with Crippen molar-refractivity contribution < 1.29 is 38.9 Å². The molecule has 0 aromatic heterocycles. The molecule has 46 heavy (non-hydrogen) atoms. The molecule has 1 fully saturated rings. The van der Waals surface area contributed by atoms with Gasteiger partial charge in [0, 0.05) is 54.9 Å². The quantitative estimate of drug-likeness (QED) is 0.150. The number of aromatic hydroxyl groups is 1. The van der Waals surface area contributed by atoms with Gasteiger partial charge in [0.25, 0.3) is 0 Å². The standard InChI is InChI=1S/C31H25BrN4O10/c1-33(2)28-21(35(42)43)8-13(9-22(28)36(44)45)34-30(40)16-6-5-15-17(26(16)31(34)41)11-19-27(24(38)12-20(32)29(19)39)25(15)18-10-14(46-3)4-7-23(18)37/h4-5,7-10,12,16-17,25-26,37H,6,11H2,1-3H3. The molecule has 1 N–H and O–H groups in total. The van der Waals surface area contributed by atoms with E-state index in [4.69, 9.17) is 4.74 Å². The summed E-state index contributed by atoms with van der Waals surface area (Å²) >= 11 is 3.16. The third-order valence-corrected chi connectivity index (χ3v) is 9.62. The predicted molar refractivity (Wildman–Crippen MR) is 166 cm³/mol. The molecule has 2 aromatic carbocycles. The second kappa shape index (κ2) is 11.0. The largest absolute Gasteiger partial charge is 0.508 e. The molecule has 236 valence electrons. The number of fused-ring (bicyclic) bond motifs is 3. The predicted octanol–water partition coefficient (Wildman–Crippen LogP) is 4.25. The number of nitrogens with zero attached hydrogens (tertiary/aromatic N) is 4. The van der Waals surface area contributed by atoms with Crippen LogP contribution in [0.3, 0.4) is 0 Å². The van der Waals surface area contributed by atoms with Crippen molar-refractivity contribution in [3.05, 3.63) is 89.5 Å².